The minimum Gasteiger partial charge on any atom is -0.490 e. The molecule has 28 heavy (non-hydrogen) atoms. The van der Waals surface area contributed by atoms with Crippen LogP contribution in [0.3, 0.4) is 0 Å². The zero-order valence-corrected chi connectivity index (χ0v) is 20.6. The van der Waals surface area contributed by atoms with E-state index < -0.39 is 0 Å². The maximum absolute atomic E-state index is 5.73. The number of benzene rings is 1. The molecule has 6 nitrogen and oxygen atoms in total. The fraction of sp³-hybridized carbons (Fsp3) is 0.500. The topological polar surface area (TPSA) is 67.8 Å². The molecule has 1 atom stereocenters. The van der Waals surface area contributed by atoms with E-state index in [4.69, 9.17) is 9.47 Å². The van der Waals surface area contributed by atoms with Gasteiger partial charge in [-0.25, -0.2) is 4.98 Å². The molecular weight excluding hydrogens is 487 g/mol. The van der Waals surface area contributed by atoms with Gasteiger partial charge in [0, 0.05) is 11.9 Å². The summed E-state index contributed by atoms with van der Waals surface area (Å²) in [6, 6.07) is 6.10. The molecule has 8 heteroatoms. The van der Waals surface area contributed by atoms with E-state index in [0.717, 1.165) is 33.7 Å². The van der Waals surface area contributed by atoms with Gasteiger partial charge in [0.05, 0.1) is 36.5 Å². The van der Waals surface area contributed by atoms with Crippen LogP contribution in [0.15, 0.2) is 23.2 Å². The van der Waals surface area contributed by atoms with Gasteiger partial charge in [-0.3, -0.25) is 4.99 Å². The number of ether oxygens (including phenoxy) is 2. The lowest BCUT2D eigenvalue weighted by Crippen LogP contribution is -2.38. The minimum absolute atomic E-state index is 0. The molecule has 156 valence electrons. The number of halogens is 1. The zero-order valence-electron chi connectivity index (χ0n) is 17.5. The smallest absolute Gasteiger partial charge is 0.191 e. The van der Waals surface area contributed by atoms with E-state index in [2.05, 4.69) is 33.6 Å². The molecule has 0 bridgehead atoms. The summed E-state index contributed by atoms with van der Waals surface area (Å²) in [6.07, 6.45) is 0. The third-order valence-corrected chi connectivity index (χ3v) is 5.13. The van der Waals surface area contributed by atoms with Crippen LogP contribution in [0, 0.1) is 13.8 Å². The van der Waals surface area contributed by atoms with Crippen molar-refractivity contribution in [3.63, 3.8) is 0 Å². The molecule has 0 saturated carbocycles. The summed E-state index contributed by atoms with van der Waals surface area (Å²) in [7, 11) is 1.77. The van der Waals surface area contributed by atoms with Gasteiger partial charge >= 0.3 is 0 Å². The lowest BCUT2D eigenvalue weighted by atomic mass is 10.1. The lowest BCUT2D eigenvalue weighted by molar-refractivity contribution is 0.287. The summed E-state index contributed by atoms with van der Waals surface area (Å²) in [5.41, 5.74) is 2.18. The Hall–Kier alpha value is -1.55. The summed E-state index contributed by atoms with van der Waals surface area (Å²) in [4.78, 5) is 10.0. The highest BCUT2D eigenvalue weighted by Crippen LogP contribution is 2.30. The lowest BCUT2D eigenvalue weighted by Gasteiger charge is -2.20. The summed E-state index contributed by atoms with van der Waals surface area (Å²) in [5.74, 6) is 2.29. The fourth-order valence-corrected chi connectivity index (χ4v) is 3.60. The summed E-state index contributed by atoms with van der Waals surface area (Å²) in [5, 5.41) is 7.87. The van der Waals surface area contributed by atoms with Gasteiger partial charge < -0.3 is 20.1 Å². The predicted octanol–water partition coefficient (Wildman–Crippen LogP) is 4.60. The molecule has 2 aromatic rings. The maximum Gasteiger partial charge on any atom is 0.191 e. The molecular formula is C20H31IN4O2S. The molecule has 1 unspecified atom stereocenters. The predicted molar refractivity (Wildman–Crippen MR) is 128 cm³/mol. The number of guanidine groups is 1. The van der Waals surface area contributed by atoms with Gasteiger partial charge in [-0.15, -0.1) is 35.3 Å². The quantitative estimate of drug-likeness (QED) is 0.304. The molecule has 0 spiro atoms. The van der Waals surface area contributed by atoms with Crippen molar-refractivity contribution in [2.45, 2.75) is 47.2 Å². The summed E-state index contributed by atoms with van der Waals surface area (Å²) < 4.78 is 11.4. The first kappa shape index (κ1) is 24.5. The van der Waals surface area contributed by atoms with Crippen molar-refractivity contribution in [1.29, 1.82) is 0 Å². The van der Waals surface area contributed by atoms with Crippen molar-refractivity contribution < 1.29 is 9.47 Å². The highest BCUT2D eigenvalue weighted by Gasteiger charge is 2.13. The fourth-order valence-electron chi connectivity index (χ4n) is 2.72. The maximum atomic E-state index is 5.73. The highest BCUT2D eigenvalue weighted by atomic mass is 127. The Kier molecular flexibility index (Phi) is 10.6. The Balaban J connectivity index is 0.00000392. The summed E-state index contributed by atoms with van der Waals surface area (Å²) in [6.45, 7) is 12.0. The molecule has 0 fully saturated rings. The van der Waals surface area contributed by atoms with Gasteiger partial charge in [0.25, 0.3) is 0 Å². The van der Waals surface area contributed by atoms with Gasteiger partial charge in [0.15, 0.2) is 17.5 Å². The standard InChI is InChI=1S/C20H30N4O2S.HI/c1-7-25-17-10-9-16(11-18(17)26-8-2)13(3)24-20(21-6)22-12-19-14(4)23-15(5)27-19;/h9-11,13H,7-8,12H2,1-6H3,(H2,21,22,24);1H. The van der Waals surface area contributed by atoms with E-state index >= 15 is 0 Å². The Bertz CT molecular complexity index is 780. The van der Waals surface area contributed by atoms with Gasteiger partial charge in [-0.2, -0.15) is 0 Å². The first-order valence-electron chi connectivity index (χ1n) is 9.28. The van der Waals surface area contributed by atoms with Crippen LogP contribution in [0.25, 0.3) is 0 Å². The van der Waals surface area contributed by atoms with Gasteiger partial charge in [0.1, 0.15) is 0 Å². The van der Waals surface area contributed by atoms with Crippen molar-refractivity contribution in [1.82, 2.24) is 15.6 Å². The Morgan fingerprint density at radius 3 is 2.43 bits per heavy atom. The van der Waals surface area contributed by atoms with Gasteiger partial charge in [-0.05, 0) is 52.3 Å². The van der Waals surface area contributed by atoms with Crippen molar-refractivity contribution >= 4 is 41.3 Å². The first-order chi connectivity index (χ1) is 13.0. The molecule has 0 saturated heterocycles. The molecule has 0 aliphatic heterocycles. The molecule has 1 heterocycles. The Morgan fingerprint density at radius 2 is 1.86 bits per heavy atom. The third kappa shape index (κ3) is 6.80. The highest BCUT2D eigenvalue weighted by molar-refractivity contribution is 14.0. The number of aryl methyl sites for hydroxylation is 2. The normalized spacial score (nSPS) is 12.1. The SMILES string of the molecule is CCOc1ccc(C(C)NC(=NC)NCc2sc(C)nc2C)cc1OCC.I. The van der Waals surface area contributed by atoms with Crippen LogP contribution in [-0.4, -0.2) is 31.2 Å². The van der Waals surface area contributed by atoms with Crippen LogP contribution in [0.1, 0.15) is 48.0 Å². The van der Waals surface area contributed by atoms with E-state index in [1.165, 1.54) is 4.88 Å². The number of hydrogen-bond acceptors (Lipinski definition) is 5. The van der Waals surface area contributed by atoms with Crippen LogP contribution in [0.2, 0.25) is 0 Å². The minimum atomic E-state index is 0. The van der Waals surface area contributed by atoms with Crippen molar-refractivity contribution in [3.8, 4) is 11.5 Å². The van der Waals surface area contributed by atoms with E-state index in [1.807, 2.05) is 39.8 Å². The zero-order chi connectivity index (χ0) is 19.8. The number of aromatic nitrogens is 1. The second-order valence-corrected chi connectivity index (χ2v) is 7.39. The third-order valence-electron chi connectivity index (χ3n) is 4.06. The monoisotopic (exact) mass is 518 g/mol. The average molecular weight is 518 g/mol. The van der Waals surface area contributed by atoms with Crippen LogP contribution in [0.5, 0.6) is 11.5 Å². The second kappa shape index (κ2) is 12.1. The molecule has 2 rings (SSSR count). The van der Waals surface area contributed by atoms with E-state index in [-0.39, 0.29) is 30.0 Å². The number of hydrogen-bond donors (Lipinski definition) is 2. The number of nitrogens with zero attached hydrogens (tertiary/aromatic N) is 2. The van der Waals surface area contributed by atoms with Crippen LogP contribution < -0.4 is 20.1 Å². The van der Waals surface area contributed by atoms with Crippen molar-refractivity contribution in [3.05, 3.63) is 39.3 Å². The second-order valence-electron chi connectivity index (χ2n) is 6.11. The summed E-state index contributed by atoms with van der Waals surface area (Å²) >= 11 is 1.71. The van der Waals surface area contributed by atoms with Crippen molar-refractivity contribution in [2.24, 2.45) is 4.99 Å². The van der Waals surface area contributed by atoms with Crippen LogP contribution in [0.4, 0.5) is 0 Å². The van der Waals surface area contributed by atoms with Crippen molar-refractivity contribution in [2.75, 3.05) is 20.3 Å². The largest absolute Gasteiger partial charge is 0.490 e. The number of nitrogens with one attached hydrogen (secondary N) is 2. The first-order valence-corrected chi connectivity index (χ1v) is 10.1. The Labute approximate surface area is 189 Å². The molecule has 0 aliphatic carbocycles. The van der Waals surface area contributed by atoms with Gasteiger partial charge in [0.2, 0.25) is 0 Å². The van der Waals surface area contributed by atoms with E-state index in [1.54, 1.807) is 18.4 Å². The van der Waals surface area contributed by atoms with Crippen LogP contribution in [-0.2, 0) is 6.54 Å². The molecule has 1 aromatic carbocycles. The molecule has 0 aliphatic rings. The van der Waals surface area contributed by atoms with E-state index in [0.29, 0.717) is 19.8 Å². The number of rotatable bonds is 8. The van der Waals surface area contributed by atoms with E-state index in [9.17, 15) is 0 Å². The molecule has 2 N–H and O–H groups in total. The van der Waals surface area contributed by atoms with Gasteiger partial charge in [-0.1, -0.05) is 6.07 Å². The average Bonchev–Trinajstić information content (AvgIpc) is 2.97. The molecule has 1 aromatic heterocycles. The number of aliphatic imine (C=N–C) groups is 1. The molecule has 0 amide bonds. The van der Waals surface area contributed by atoms with Crippen LogP contribution >= 0.6 is 35.3 Å². The number of thiazole rings is 1. The molecule has 0 radical (unpaired) electrons. The Morgan fingerprint density at radius 1 is 1.18 bits per heavy atom.